The lowest BCUT2D eigenvalue weighted by molar-refractivity contribution is -0.132. The summed E-state index contributed by atoms with van der Waals surface area (Å²) in [5, 5.41) is 8.56. The Balaban J connectivity index is 1.21. The molecule has 3 N–H and O–H groups in total. The summed E-state index contributed by atoms with van der Waals surface area (Å²) in [6.07, 6.45) is 6.75. The minimum Gasteiger partial charge on any atom is -0.371 e. The number of amides is 5. The Morgan fingerprint density at radius 1 is 1.06 bits per heavy atom. The molecule has 0 bridgehead atoms. The number of carbonyl (C=O) groups excluding carboxylic acids is 4. The topological polar surface area (TPSA) is 111 Å². The normalized spacial score (nSPS) is 20.4. The third-order valence-corrected chi connectivity index (χ3v) is 7.02. The second-order valence-corrected chi connectivity index (χ2v) is 9.75. The number of hydrogen-bond acceptors (Lipinski definition) is 5. The summed E-state index contributed by atoms with van der Waals surface area (Å²) in [6, 6.07) is 7.03. The third kappa shape index (κ3) is 5.51. The highest BCUT2D eigenvalue weighted by Gasteiger charge is 2.51. The number of rotatable bonds is 8. The zero-order valence-electron chi connectivity index (χ0n) is 19.9. The van der Waals surface area contributed by atoms with Gasteiger partial charge in [-0.2, -0.15) is 0 Å². The Bertz CT molecular complexity index is 937. The molecule has 2 saturated heterocycles. The second kappa shape index (κ2) is 10.4. The van der Waals surface area contributed by atoms with Crippen molar-refractivity contribution in [3.63, 3.8) is 0 Å². The average Bonchev–Trinajstić information content (AvgIpc) is 3.41. The minimum atomic E-state index is -0.775. The lowest BCUT2D eigenvalue weighted by Gasteiger charge is -2.30. The first-order valence-corrected chi connectivity index (χ1v) is 12.4. The Hall–Kier alpha value is -3.10. The molecule has 1 atom stereocenters. The summed E-state index contributed by atoms with van der Waals surface area (Å²) in [7, 11) is 0. The molecule has 3 aliphatic rings. The van der Waals surface area contributed by atoms with E-state index in [1.807, 2.05) is 24.3 Å². The minimum absolute atomic E-state index is 0.0130. The van der Waals surface area contributed by atoms with E-state index in [0.717, 1.165) is 48.6 Å². The van der Waals surface area contributed by atoms with Gasteiger partial charge in [-0.05, 0) is 50.8 Å². The molecule has 1 aromatic rings. The standard InChI is InChI=1S/C25H35N5O4/c1-18(16-22(32)27-19-8-7-9-20(17-19)29-13-5-6-14-29)26-21(31)10-15-30-23(33)25(28-24(30)34)11-3-2-4-12-25/h7-9,17-18H,2-6,10-16H2,1H3,(H,26,31)(H,27,32)(H,28,34). The fourth-order valence-electron chi connectivity index (χ4n) is 5.23. The molecule has 34 heavy (non-hydrogen) atoms. The van der Waals surface area contributed by atoms with Crippen LogP contribution >= 0.6 is 0 Å². The van der Waals surface area contributed by atoms with Crippen LogP contribution in [0.1, 0.15) is 64.7 Å². The fourth-order valence-corrected chi connectivity index (χ4v) is 5.23. The van der Waals surface area contributed by atoms with Crippen LogP contribution in [0.3, 0.4) is 0 Å². The number of imide groups is 1. The summed E-state index contributed by atoms with van der Waals surface area (Å²) < 4.78 is 0. The summed E-state index contributed by atoms with van der Waals surface area (Å²) in [4.78, 5) is 53.5. The predicted octanol–water partition coefficient (Wildman–Crippen LogP) is 2.76. The maximum atomic E-state index is 12.8. The number of nitrogens with one attached hydrogen (secondary N) is 3. The summed E-state index contributed by atoms with van der Waals surface area (Å²) >= 11 is 0. The average molecular weight is 470 g/mol. The van der Waals surface area contributed by atoms with Crippen LogP contribution in [0.5, 0.6) is 0 Å². The van der Waals surface area contributed by atoms with E-state index in [9.17, 15) is 19.2 Å². The van der Waals surface area contributed by atoms with E-state index in [-0.39, 0.29) is 43.1 Å². The Kier molecular flexibility index (Phi) is 7.38. The van der Waals surface area contributed by atoms with Crippen molar-refractivity contribution in [1.29, 1.82) is 0 Å². The van der Waals surface area contributed by atoms with Gasteiger partial charge in [-0.3, -0.25) is 19.3 Å². The summed E-state index contributed by atoms with van der Waals surface area (Å²) in [5.41, 5.74) is 1.07. The van der Waals surface area contributed by atoms with Crippen molar-refractivity contribution in [2.75, 3.05) is 29.9 Å². The maximum Gasteiger partial charge on any atom is 0.325 e. The zero-order valence-corrected chi connectivity index (χ0v) is 19.9. The van der Waals surface area contributed by atoms with Crippen LogP contribution in [0.2, 0.25) is 0 Å². The van der Waals surface area contributed by atoms with Gasteiger partial charge in [-0.15, -0.1) is 0 Å². The van der Waals surface area contributed by atoms with Crippen molar-refractivity contribution >= 4 is 35.1 Å². The van der Waals surface area contributed by atoms with Crippen LogP contribution < -0.4 is 20.9 Å². The van der Waals surface area contributed by atoms with Gasteiger partial charge in [0.25, 0.3) is 5.91 Å². The largest absolute Gasteiger partial charge is 0.371 e. The number of hydrogen-bond donors (Lipinski definition) is 3. The van der Waals surface area contributed by atoms with E-state index in [1.54, 1.807) is 6.92 Å². The lowest BCUT2D eigenvalue weighted by Crippen LogP contribution is -2.48. The maximum absolute atomic E-state index is 12.8. The highest BCUT2D eigenvalue weighted by atomic mass is 16.2. The molecule has 1 unspecified atom stereocenters. The van der Waals surface area contributed by atoms with Gasteiger partial charge in [-0.1, -0.05) is 25.3 Å². The molecule has 1 aliphatic carbocycles. The molecule has 5 amide bonds. The number of carbonyl (C=O) groups is 4. The fraction of sp³-hybridized carbons (Fsp3) is 0.600. The van der Waals surface area contributed by atoms with E-state index in [2.05, 4.69) is 20.9 Å². The van der Waals surface area contributed by atoms with Crippen molar-refractivity contribution in [2.45, 2.75) is 76.3 Å². The van der Waals surface area contributed by atoms with Crippen LogP contribution in [-0.2, 0) is 14.4 Å². The molecule has 1 spiro atoms. The van der Waals surface area contributed by atoms with E-state index < -0.39 is 11.6 Å². The highest BCUT2D eigenvalue weighted by molar-refractivity contribution is 6.07. The Morgan fingerprint density at radius 2 is 1.79 bits per heavy atom. The Labute approximate surface area is 200 Å². The monoisotopic (exact) mass is 469 g/mol. The van der Waals surface area contributed by atoms with Gasteiger partial charge in [0.15, 0.2) is 0 Å². The van der Waals surface area contributed by atoms with Gasteiger partial charge in [-0.25, -0.2) is 4.79 Å². The molecule has 0 aromatic heterocycles. The van der Waals surface area contributed by atoms with Crippen molar-refractivity contribution in [2.24, 2.45) is 0 Å². The smallest absolute Gasteiger partial charge is 0.325 e. The van der Waals surface area contributed by atoms with Crippen LogP contribution in [-0.4, -0.2) is 59.9 Å². The molecular weight excluding hydrogens is 434 g/mol. The van der Waals surface area contributed by atoms with Gasteiger partial charge in [0.1, 0.15) is 5.54 Å². The molecule has 1 saturated carbocycles. The Morgan fingerprint density at radius 3 is 2.53 bits per heavy atom. The van der Waals surface area contributed by atoms with Crippen molar-refractivity contribution in [1.82, 2.24) is 15.5 Å². The quantitative estimate of drug-likeness (QED) is 0.507. The number of nitrogens with zero attached hydrogens (tertiary/aromatic N) is 2. The molecular formula is C25H35N5O4. The first-order valence-electron chi connectivity index (χ1n) is 12.4. The van der Waals surface area contributed by atoms with Gasteiger partial charge in [0.05, 0.1) is 0 Å². The first kappa shape index (κ1) is 24.0. The van der Waals surface area contributed by atoms with Gasteiger partial charge in [0, 0.05) is 49.9 Å². The predicted molar refractivity (Wildman–Crippen MR) is 129 cm³/mol. The summed E-state index contributed by atoms with van der Waals surface area (Å²) in [6.45, 7) is 3.88. The molecule has 1 aromatic carbocycles. The van der Waals surface area contributed by atoms with Crippen molar-refractivity contribution in [3.8, 4) is 0 Å². The van der Waals surface area contributed by atoms with Crippen LogP contribution in [0, 0.1) is 0 Å². The second-order valence-electron chi connectivity index (χ2n) is 9.75. The van der Waals surface area contributed by atoms with Crippen molar-refractivity contribution < 1.29 is 19.2 Å². The van der Waals surface area contributed by atoms with Crippen molar-refractivity contribution in [3.05, 3.63) is 24.3 Å². The van der Waals surface area contributed by atoms with E-state index in [4.69, 9.17) is 0 Å². The number of anilines is 2. The number of benzene rings is 1. The SMILES string of the molecule is CC(CC(=O)Nc1cccc(N2CCCC2)c1)NC(=O)CCN1C(=O)NC2(CCCCC2)C1=O. The molecule has 184 valence electrons. The van der Waals surface area contributed by atoms with E-state index in [0.29, 0.717) is 12.8 Å². The molecule has 0 radical (unpaired) electrons. The molecule has 2 aliphatic heterocycles. The molecule has 2 heterocycles. The molecule has 4 rings (SSSR count). The van der Waals surface area contributed by atoms with Gasteiger partial charge in [0.2, 0.25) is 11.8 Å². The van der Waals surface area contributed by atoms with Gasteiger partial charge >= 0.3 is 6.03 Å². The van der Waals surface area contributed by atoms with Crippen LogP contribution in [0.15, 0.2) is 24.3 Å². The van der Waals surface area contributed by atoms with Crippen LogP contribution in [0.25, 0.3) is 0 Å². The highest BCUT2D eigenvalue weighted by Crippen LogP contribution is 2.33. The van der Waals surface area contributed by atoms with E-state index >= 15 is 0 Å². The lowest BCUT2D eigenvalue weighted by atomic mass is 9.82. The third-order valence-electron chi connectivity index (χ3n) is 7.02. The van der Waals surface area contributed by atoms with Crippen LogP contribution in [0.4, 0.5) is 16.2 Å². The van der Waals surface area contributed by atoms with E-state index in [1.165, 1.54) is 12.8 Å². The number of urea groups is 1. The first-order chi connectivity index (χ1) is 16.4. The molecule has 9 heteroatoms. The zero-order chi connectivity index (χ0) is 24.1. The summed E-state index contributed by atoms with van der Waals surface area (Å²) in [5.74, 6) is -0.685. The van der Waals surface area contributed by atoms with Gasteiger partial charge < -0.3 is 20.9 Å². The molecule has 3 fully saturated rings. The molecule has 9 nitrogen and oxygen atoms in total.